The Morgan fingerprint density at radius 3 is 2.00 bits per heavy atom. The largest absolute Gasteiger partial charge is 0.351 e. The Morgan fingerprint density at radius 2 is 1.70 bits per heavy atom. The first-order chi connectivity index (χ1) is 4.30. The predicted octanol–water partition coefficient (Wildman–Crippen LogP) is 0.713. The summed E-state index contributed by atoms with van der Waals surface area (Å²) in [5, 5.41) is 0. The Labute approximate surface area is 61.0 Å². The fourth-order valence-electron chi connectivity index (χ4n) is 1.11. The topological polar surface area (TPSA) is 81.3 Å². The number of carbonyl (C=O) groups is 1. The van der Waals surface area contributed by atoms with Gasteiger partial charge in [-0.1, -0.05) is 0 Å². The van der Waals surface area contributed by atoms with Crippen molar-refractivity contribution in [2.45, 2.75) is 19.3 Å². The van der Waals surface area contributed by atoms with Crippen LogP contribution in [0.5, 0.6) is 0 Å². The molecule has 0 spiro atoms. The maximum atomic E-state index is 10.5. The zero-order chi connectivity index (χ0) is 6.69. The highest BCUT2D eigenvalue weighted by Crippen LogP contribution is 2.06. The molecule has 10 heavy (non-hydrogen) atoms. The number of carbonyl (C=O) groups excluding carboxylic acids is 1. The molecule has 0 aliphatic carbocycles. The molecule has 2 amide bonds. The normalized spacial score (nSPS) is 17.8. The number of nitrogens with two attached hydrogens (primary N) is 1. The fourth-order valence-corrected chi connectivity index (χ4v) is 1.11. The molecule has 0 atom stereocenters. The van der Waals surface area contributed by atoms with Crippen LogP contribution in [-0.2, 0) is 0 Å². The number of hydrogen-bond donors (Lipinski definition) is 2. The third kappa shape index (κ3) is 2.23. The molecule has 1 heterocycles. The maximum absolute atomic E-state index is 10.5. The average molecular weight is 145 g/mol. The molecule has 5 N–H and O–H groups in total. The van der Waals surface area contributed by atoms with E-state index in [0.717, 1.165) is 25.9 Å². The third-order valence-electron chi connectivity index (χ3n) is 1.67. The second-order valence-electron chi connectivity index (χ2n) is 2.39. The fraction of sp³-hybridized carbons (Fsp3) is 0.833. The van der Waals surface area contributed by atoms with Crippen molar-refractivity contribution in [3.05, 3.63) is 0 Å². The van der Waals surface area contributed by atoms with E-state index in [1.165, 1.54) is 6.42 Å². The highest BCUT2D eigenvalue weighted by Gasteiger charge is 2.11. The summed E-state index contributed by atoms with van der Waals surface area (Å²) >= 11 is 0. The second kappa shape index (κ2) is 4.11. The van der Waals surface area contributed by atoms with E-state index in [1.807, 2.05) is 0 Å². The van der Waals surface area contributed by atoms with Crippen LogP contribution in [0.25, 0.3) is 0 Å². The molecule has 1 aliphatic rings. The maximum Gasteiger partial charge on any atom is 0.314 e. The summed E-state index contributed by atoms with van der Waals surface area (Å²) < 4.78 is 0. The highest BCUT2D eigenvalue weighted by atomic mass is 16.2. The van der Waals surface area contributed by atoms with Crippen LogP contribution in [0.3, 0.4) is 0 Å². The van der Waals surface area contributed by atoms with Crippen molar-refractivity contribution in [3.8, 4) is 0 Å². The van der Waals surface area contributed by atoms with Gasteiger partial charge in [0.2, 0.25) is 0 Å². The Morgan fingerprint density at radius 1 is 1.20 bits per heavy atom. The molecule has 1 aliphatic heterocycles. The van der Waals surface area contributed by atoms with Gasteiger partial charge in [-0.25, -0.2) is 4.79 Å². The Hall–Kier alpha value is -0.770. The number of primary amides is 1. The number of amides is 2. The summed E-state index contributed by atoms with van der Waals surface area (Å²) in [5.74, 6) is 0. The summed E-state index contributed by atoms with van der Waals surface area (Å²) in [5.41, 5.74) is 5.05. The summed E-state index contributed by atoms with van der Waals surface area (Å²) in [6.45, 7) is 1.71. The molecule has 1 rings (SSSR count). The highest BCUT2D eigenvalue weighted by molar-refractivity contribution is 5.71. The molecule has 0 aromatic rings. The van der Waals surface area contributed by atoms with Gasteiger partial charge in [-0.2, -0.15) is 0 Å². The number of rotatable bonds is 0. The van der Waals surface area contributed by atoms with Crippen LogP contribution in [0, 0.1) is 0 Å². The Balaban J connectivity index is 0.000000810. The number of urea groups is 1. The van der Waals surface area contributed by atoms with E-state index in [1.54, 1.807) is 4.90 Å². The summed E-state index contributed by atoms with van der Waals surface area (Å²) in [6, 6.07) is -0.269. The standard InChI is InChI=1S/C6H12N2O.H3N/c7-6(9)8-4-2-1-3-5-8;/h1-5H2,(H2,7,9);1H3. The lowest BCUT2D eigenvalue weighted by molar-refractivity contribution is 0.196. The van der Waals surface area contributed by atoms with Crippen molar-refractivity contribution in [3.63, 3.8) is 0 Å². The van der Waals surface area contributed by atoms with Gasteiger partial charge in [0, 0.05) is 13.1 Å². The van der Waals surface area contributed by atoms with Gasteiger partial charge in [-0.15, -0.1) is 0 Å². The smallest absolute Gasteiger partial charge is 0.314 e. The second-order valence-corrected chi connectivity index (χ2v) is 2.39. The van der Waals surface area contributed by atoms with E-state index in [2.05, 4.69) is 0 Å². The Bertz CT molecular complexity index is 110. The zero-order valence-electron chi connectivity index (χ0n) is 6.18. The van der Waals surface area contributed by atoms with E-state index in [4.69, 9.17) is 5.73 Å². The SMILES string of the molecule is N.NC(=O)N1CCCCC1. The molecule has 1 saturated heterocycles. The van der Waals surface area contributed by atoms with Crippen LogP contribution < -0.4 is 11.9 Å². The third-order valence-corrected chi connectivity index (χ3v) is 1.67. The van der Waals surface area contributed by atoms with E-state index in [9.17, 15) is 4.79 Å². The molecule has 4 nitrogen and oxygen atoms in total. The van der Waals surface area contributed by atoms with Gasteiger partial charge in [0.1, 0.15) is 0 Å². The number of hydrogen-bond acceptors (Lipinski definition) is 2. The van der Waals surface area contributed by atoms with Crippen LogP contribution in [-0.4, -0.2) is 24.0 Å². The summed E-state index contributed by atoms with van der Waals surface area (Å²) in [6.07, 6.45) is 3.47. The van der Waals surface area contributed by atoms with Gasteiger partial charge in [0.25, 0.3) is 0 Å². The van der Waals surface area contributed by atoms with Gasteiger partial charge >= 0.3 is 6.03 Å². The minimum Gasteiger partial charge on any atom is -0.351 e. The van der Waals surface area contributed by atoms with Crippen LogP contribution in [0.1, 0.15) is 19.3 Å². The molecule has 1 fully saturated rings. The molecular formula is C6H15N3O. The average Bonchev–Trinajstić information content (AvgIpc) is 1.90. The lowest BCUT2D eigenvalue weighted by Gasteiger charge is -2.24. The van der Waals surface area contributed by atoms with Crippen LogP contribution >= 0.6 is 0 Å². The van der Waals surface area contributed by atoms with Crippen molar-refractivity contribution in [1.29, 1.82) is 0 Å². The monoisotopic (exact) mass is 145 g/mol. The van der Waals surface area contributed by atoms with Crippen molar-refractivity contribution < 1.29 is 4.79 Å². The number of nitrogens with zero attached hydrogens (tertiary/aromatic N) is 1. The Kier molecular flexibility index (Phi) is 3.79. The van der Waals surface area contributed by atoms with Gasteiger partial charge in [0.15, 0.2) is 0 Å². The van der Waals surface area contributed by atoms with E-state index in [0.29, 0.717) is 0 Å². The molecule has 0 bridgehead atoms. The number of likely N-dealkylation sites (tertiary alicyclic amines) is 1. The van der Waals surface area contributed by atoms with Crippen molar-refractivity contribution in [1.82, 2.24) is 11.1 Å². The lowest BCUT2D eigenvalue weighted by Crippen LogP contribution is -2.39. The molecule has 0 unspecified atom stereocenters. The van der Waals surface area contributed by atoms with E-state index in [-0.39, 0.29) is 12.2 Å². The van der Waals surface area contributed by atoms with Crippen molar-refractivity contribution in [2.75, 3.05) is 13.1 Å². The molecule has 0 radical (unpaired) electrons. The van der Waals surface area contributed by atoms with E-state index < -0.39 is 0 Å². The van der Waals surface area contributed by atoms with E-state index >= 15 is 0 Å². The predicted molar refractivity (Wildman–Crippen MR) is 40.0 cm³/mol. The van der Waals surface area contributed by atoms with Crippen LogP contribution in [0.2, 0.25) is 0 Å². The van der Waals surface area contributed by atoms with Crippen molar-refractivity contribution in [2.24, 2.45) is 5.73 Å². The lowest BCUT2D eigenvalue weighted by atomic mass is 10.1. The molecular weight excluding hydrogens is 130 g/mol. The van der Waals surface area contributed by atoms with Crippen molar-refractivity contribution >= 4 is 6.03 Å². The van der Waals surface area contributed by atoms with Gasteiger partial charge in [-0.05, 0) is 19.3 Å². The molecule has 0 aromatic carbocycles. The first-order valence-corrected chi connectivity index (χ1v) is 3.35. The summed E-state index contributed by atoms with van der Waals surface area (Å²) in [7, 11) is 0. The quantitative estimate of drug-likeness (QED) is 0.526. The van der Waals surface area contributed by atoms with Gasteiger partial charge in [-0.3, -0.25) is 0 Å². The number of piperidine rings is 1. The molecule has 0 saturated carbocycles. The molecule has 0 aromatic heterocycles. The molecule has 60 valence electrons. The first-order valence-electron chi connectivity index (χ1n) is 3.35. The van der Waals surface area contributed by atoms with Crippen LogP contribution in [0.4, 0.5) is 4.79 Å². The van der Waals surface area contributed by atoms with Gasteiger partial charge < -0.3 is 16.8 Å². The zero-order valence-corrected chi connectivity index (χ0v) is 6.18. The van der Waals surface area contributed by atoms with Gasteiger partial charge in [0.05, 0.1) is 0 Å². The first kappa shape index (κ1) is 9.23. The minimum atomic E-state index is -0.269. The minimum absolute atomic E-state index is 0. The molecule has 4 heteroatoms. The van der Waals surface area contributed by atoms with Crippen LogP contribution in [0.15, 0.2) is 0 Å². The summed E-state index contributed by atoms with van der Waals surface area (Å²) in [4.78, 5) is 12.2.